The molecule has 1 N–H and O–H groups in total. The molecule has 0 aliphatic carbocycles. The number of nitrogens with zero attached hydrogens (tertiary/aromatic N) is 2. The maximum Gasteiger partial charge on any atom is 0.432 e. The minimum Gasteiger partial charge on any atom is -0.278 e. The molecule has 1 heterocycles. The molecule has 1 aliphatic heterocycles. The average molecular weight is 349 g/mol. The van der Waals surface area contributed by atoms with Crippen LogP contribution in [0.2, 0.25) is 0 Å². The Bertz CT molecular complexity index is 639. The number of hydrogen-bond donors (Lipinski definition) is 1. The molecule has 0 radical (unpaired) electrons. The molecular weight excluding hydrogens is 331 g/mol. The summed E-state index contributed by atoms with van der Waals surface area (Å²) in [4.78, 5) is 0. The molecule has 128 valence electrons. The van der Waals surface area contributed by atoms with Gasteiger partial charge in [0.05, 0.1) is 5.69 Å². The average Bonchev–Trinajstić information content (AvgIpc) is 2.52. The summed E-state index contributed by atoms with van der Waals surface area (Å²) in [5.74, 6) is -1.16. The maximum absolute atomic E-state index is 13.1. The highest BCUT2D eigenvalue weighted by molar-refractivity contribution is 7.89. The molecule has 2 rings (SSSR count). The van der Waals surface area contributed by atoms with E-state index < -0.39 is 27.7 Å². The molecule has 23 heavy (non-hydrogen) atoms. The van der Waals surface area contributed by atoms with E-state index in [0.717, 1.165) is 10.7 Å². The largest absolute Gasteiger partial charge is 0.432 e. The molecule has 1 aliphatic rings. The number of benzene rings is 1. The van der Waals surface area contributed by atoms with Crippen molar-refractivity contribution in [2.24, 2.45) is 5.10 Å². The van der Waals surface area contributed by atoms with E-state index in [1.807, 2.05) is 0 Å². The Morgan fingerprint density at radius 2 is 1.74 bits per heavy atom. The topological polar surface area (TPSA) is 61.8 Å². The van der Waals surface area contributed by atoms with Gasteiger partial charge in [-0.05, 0) is 25.0 Å². The third-order valence-corrected chi connectivity index (χ3v) is 5.24. The lowest BCUT2D eigenvalue weighted by Gasteiger charge is -2.26. The number of anilines is 1. The Hall–Kier alpha value is -1.61. The summed E-state index contributed by atoms with van der Waals surface area (Å²) in [7, 11) is -4.03. The summed E-state index contributed by atoms with van der Waals surface area (Å²) in [5, 5.41) is 3.28. The molecule has 5 nitrogen and oxygen atoms in total. The Balaban J connectivity index is 2.15. The van der Waals surface area contributed by atoms with E-state index in [4.69, 9.17) is 0 Å². The van der Waals surface area contributed by atoms with Crippen LogP contribution in [0.15, 0.2) is 35.4 Å². The van der Waals surface area contributed by atoms with Gasteiger partial charge in [-0.3, -0.25) is 5.43 Å². The summed E-state index contributed by atoms with van der Waals surface area (Å²) >= 11 is 0. The first kappa shape index (κ1) is 17.7. The number of hydrazone groups is 1. The molecular formula is C14H18F3N3O2S. The molecule has 0 saturated carbocycles. The van der Waals surface area contributed by atoms with Crippen LogP contribution in [0.3, 0.4) is 0 Å². The number of piperidine rings is 1. The van der Waals surface area contributed by atoms with Crippen molar-refractivity contribution in [3.8, 4) is 0 Å². The lowest BCUT2D eigenvalue weighted by molar-refractivity contribution is -0.0591. The molecule has 1 fully saturated rings. The van der Waals surface area contributed by atoms with E-state index in [1.165, 1.54) is 12.1 Å². The van der Waals surface area contributed by atoms with Gasteiger partial charge < -0.3 is 0 Å². The van der Waals surface area contributed by atoms with E-state index in [1.54, 1.807) is 18.2 Å². The van der Waals surface area contributed by atoms with Crippen molar-refractivity contribution < 1.29 is 21.6 Å². The van der Waals surface area contributed by atoms with Gasteiger partial charge in [-0.15, -0.1) is 0 Å². The minimum absolute atomic E-state index is 0.263. The number of hydrogen-bond acceptors (Lipinski definition) is 4. The van der Waals surface area contributed by atoms with Crippen LogP contribution >= 0.6 is 0 Å². The Morgan fingerprint density at radius 1 is 1.13 bits per heavy atom. The van der Waals surface area contributed by atoms with Crippen molar-refractivity contribution in [2.45, 2.75) is 25.4 Å². The van der Waals surface area contributed by atoms with Crippen molar-refractivity contribution in [3.63, 3.8) is 0 Å². The standard InChI is InChI=1S/C14H18F3N3O2S/c15-14(16,17)13(19-18-12-7-3-1-4-8-12)11-23(21,22)20-9-5-2-6-10-20/h1,3-4,7-8,18H,2,5-6,9-11H2/b19-13+. The van der Waals surface area contributed by atoms with Crippen molar-refractivity contribution in [1.82, 2.24) is 4.31 Å². The highest BCUT2D eigenvalue weighted by Crippen LogP contribution is 2.21. The fourth-order valence-electron chi connectivity index (χ4n) is 2.23. The maximum atomic E-state index is 13.1. The first-order valence-electron chi connectivity index (χ1n) is 7.22. The second kappa shape index (κ2) is 7.31. The van der Waals surface area contributed by atoms with Crippen LogP contribution in [0.4, 0.5) is 18.9 Å². The van der Waals surface area contributed by atoms with E-state index in [9.17, 15) is 21.6 Å². The van der Waals surface area contributed by atoms with E-state index in [2.05, 4.69) is 10.5 Å². The van der Waals surface area contributed by atoms with Crippen LogP contribution in [0.25, 0.3) is 0 Å². The van der Waals surface area contributed by atoms with Gasteiger partial charge in [0.25, 0.3) is 0 Å². The molecule has 0 spiro atoms. The zero-order chi connectivity index (χ0) is 16.9. The number of sulfonamides is 1. The second-order valence-electron chi connectivity index (χ2n) is 5.25. The lowest BCUT2D eigenvalue weighted by atomic mass is 10.2. The lowest BCUT2D eigenvalue weighted by Crippen LogP contribution is -2.42. The molecule has 0 atom stereocenters. The molecule has 9 heteroatoms. The third-order valence-electron chi connectivity index (χ3n) is 3.45. The van der Waals surface area contributed by atoms with Crippen molar-refractivity contribution in [3.05, 3.63) is 30.3 Å². The van der Waals surface area contributed by atoms with Crippen LogP contribution < -0.4 is 5.43 Å². The van der Waals surface area contributed by atoms with Gasteiger partial charge in [-0.1, -0.05) is 24.6 Å². The van der Waals surface area contributed by atoms with Crippen LogP contribution in [0.5, 0.6) is 0 Å². The molecule has 0 unspecified atom stereocenters. The van der Waals surface area contributed by atoms with Gasteiger partial charge in [0.2, 0.25) is 10.0 Å². The Labute approximate surface area is 133 Å². The summed E-state index contributed by atoms with van der Waals surface area (Å²) in [6, 6.07) is 8.05. The number of nitrogens with one attached hydrogen (secondary N) is 1. The SMILES string of the molecule is O=S(=O)(C/C(=N\Nc1ccccc1)C(F)(F)F)N1CCCCC1. The van der Waals surface area contributed by atoms with Crippen LogP contribution in [0, 0.1) is 0 Å². The van der Waals surface area contributed by atoms with Gasteiger partial charge in [0.15, 0.2) is 5.71 Å². The van der Waals surface area contributed by atoms with Gasteiger partial charge >= 0.3 is 6.18 Å². The normalized spacial score (nSPS) is 18.0. The highest BCUT2D eigenvalue weighted by Gasteiger charge is 2.40. The minimum atomic E-state index is -4.81. The van der Waals surface area contributed by atoms with Gasteiger partial charge in [0, 0.05) is 13.1 Å². The van der Waals surface area contributed by atoms with Crippen LogP contribution in [0.1, 0.15) is 19.3 Å². The summed E-state index contributed by atoms with van der Waals surface area (Å²) < 4.78 is 64.7. The van der Waals surface area contributed by atoms with E-state index in [-0.39, 0.29) is 13.1 Å². The number of rotatable bonds is 5. The Kier molecular flexibility index (Phi) is 5.64. The van der Waals surface area contributed by atoms with Gasteiger partial charge in [-0.2, -0.15) is 18.3 Å². The predicted molar refractivity (Wildman–Crippen MR) is 82.8 cm³/mol. The summed E-state index contributed by atoms with van der Waals surface area (Å²) in [6.07, 6.45) is -2.59. The fourth-order valence-corrected chi connectivity index (χ4v) is 3.80. The second-order valence-corrected chi connectivity index (χ2v) is 7.22. The third kappa shape index (κ3) is 5.21. The smallest absolute Gasteiger partial charge is 0.278 e. The monoisotopic (exact) mass is 349 g/mol. The fraction of sp³-hybridized carbons (Fsp3) is 0.500. The predicted octanol–water partition coefficient (Wildman–Crippen LogP) is 2.83. The van der Waals surface area contributed by atoms with Crippen molar-refractivity contribution in [2.75, 3.05) is 24.3 Å². The van der Waals surface area contributed by atoms with Crippen LogP contribution in [-0.2, 0) is 10.0 Å². The molecule has 0 amide bonds. The number of alkyl halides is 3. The first-order valence-corrected chi connectivity index (χ1v) is 8.82. The van der Waals surface area contributed by atoms with E-state index >= 15 is 0 Å². The summed E-state index contributed by atoms with van der Waals surface area (Å²) in [5.41, 5.74) is 1.26. The Morgan fingerprint density at radius 3 is 2.30 bits per heavy atom. The molecule has 1 aromatic carbocycles. The molecule has 0 aromatic heterocycles. The summed E-state index contributed by atoms with van der Waals surface area (Å²) in [6.45, 7) is 0.527. The first-order chi connectivity index (χ1) is 10.8. The van der Waals surface area contributed by atoms with E-state index in [0.29, 0.717) is 18.5 Å². The molecule has 0 bridgehead atoms. The number of halogens is 3. The highest BCUT2D eigenvalue weighted by atomic mass is 32.2. The molecule has 1 saturated heterocycles. The van der Waals surface area contributed by atoms with Gasteiger partial charge in [0.1, 0.15) is 5.75 Å². The zero-order valence-corrected chi connectivity index (χ0v) is 13.2. The van der Waals surface area contributed by atoms with Crippen molar-refractivity contribution >= 4 is 21.4 Å². The molecule has 1 aromatic rings. The number of para-hydroxylation sites is 1. The zero-order valence-electron chi connectivity index (χ0n) is 12.4. The quantitative estimate of drug-likeness (QED) is 0.657. The van der Waals surface area contributed by atoms with Crippen LogP contribution in [-0.4, -0.2) is 43.5 Å². The van der Waals surface area contributed by atoms with Crippen molar-refractivity contribution in [1.29, 1.82) is 0 Å². The van der Waals surface area contributed by atoms with Gasteiger partial charge in [-0.25, -0.2) is 12.7 Å².